The first kappa shape index (κ1) is 14.8. The van der Waals surface area contributed by atoms with Crippen LogP contribution in [0.1, 0.15) is 15.9 Å². The van der Waals surface area contributed by atoms with Crippen molar-refractivity contribution in [3.63, 3.8) is 0 Å². The van der Waals surface area contributed by atoms with Gasteiger partial charge in [-0.15, -0.1) is 25.3 Å². The minimum absolute atomic E-state index is 0.151. The molecule has 104 valence electrons. The van der Waals surface area contributed by atoms with E-state index in [0.717, 1.165) is 0 Å². The summed E-state index contributed by atoms with van der Waals surface area (Å²) >= 11 is 8.66. The van der Waals surface area contributed by atoms with Crippen LogP contribution in [0, 0.1) is 0 Å². The third-order valence-corrected chi connectivity index (χ3v) is 3.66. The number of rotatable bonds is 4. The fourth-order valence-electron chi connectivity index (χ4n) is 1.86. The first-order chi connectivity index (χ1) is 9.58. The Labute approximate surface area is 128 Å². The van der Waals surface area contributed by atoms with Gasteiger partial charge in [0.25, 0.3) is 0 Å². The smallest absolute Gasteiger partial charge is 0.195 e. The van der Waals surface area contributed by atoms with Crippen molar-refractivity contribution in [1.82, 2.24) is 0 Å². The van der Waals surface area contributed by atoms with Gasteiger partial charge in [-0.3, -0.25) is 4.79 Å². The largest absolute Gasteiger partial charge is 0.493 e. The van der Waals surface area contributed by atoms with E-state index in [1.165, 1.54) is 14.2 Å². The number of ether oxygens (including phenoxy) is 2. The maximum atomic E-state index is 12.6. The lowest BCUT2D eigenvalue weighted by Gasteiger charge is -2.12. The predicted octanol–water partition coefficient (Wildman–Crippen LogP) is 3.51. The average Bonchev–Trinajstić information content (AvgIpc) is 2.46. The Balaban J connectivity index is 2.53. The van der Waals surface area contributed by atoms with E-state index < -0.39 is 0 Å². The number of carbonyl (C=O) groups is 1. The highest BCUT2D eigenvalue weighted by Crippen LogP contribution is 2.33. The van der Waals surface area contributed by atoms with E-state index in [2.05, 4.69) is 25.3 Å². The van der Waals surface area contributed by atoms with Crippen LogP contribution >= 0.6 is 25.3 Å². The number of carbonyl (C=O) groups excluding carboxylic acids is 1. The normalized spacial score (nSPS) is 10.2. The van der Waals surface area contributed by atoms with Gasteiger partial charge in [0.1, 0.15) is 0 Å². The highest BCUT2D eigenvalue weighted by Gasteiger charge is 2.18. The van der Waals surface area contributed by atoms with Crippen LogP contribution in [-0.4, -0.2) is 20.0 Å². The zero-order valence-electron chi connectivity index (χ0n) is 11.1. The number of methoxy groups -OCH3 is 2. The molecule has 0 amide bonds. The lowest BCUT2D eigenvalue weighted by molar-refractivity contribution is 0.103. The van der Waals surface area contributed by atoms with Crippen LogP contribution in [-0.2, 0) is 0 Å². The van der Waals surface area contributed by atoms with E-state index in [4.69, 9.17) is 9.47 Å². The summed E-state index contributed by atoms with van der Waals surface area (Å²) in [6.45, 7) is 0. The maximum Gasteiger partial charge on any atom is 0.195 e. The van der Waals surface area contributed by atoms with Gasteiger partial charge in [0.2, 0.25) is 0 Å². The Kier molecular flexibility index (Phi) is 4.62. The van der Waals surface area contributed by atoms with Crippen molar-refractivity contribution >= 4 is 31.0 Å². The second-order valence-corrected chi connectivity index (χ2v) is 5.03. The monoisotopic (exact) mass is 306 g/mol. The van der Waals surface area contributed by atoms with Gasteiger partial charge in [-0.1, -0.05) is 12.1 Å². The van der Waals surface area contributed by atoms with E-state index in [1.54, 1.807) is 30.3 Å². The highest BCUT2D eigenvalue weighted by molar-refractivity contribution is 7.80. The fourth-order valence-corrected chi connectivity index (χ4v) is 2.41. The molecule has 0 fully saturated rings. The summed E-state index contributed by atoms with van der Waals surface area (Å²) in [5.41, 5.74) is 0.978. The molecule has 3 nitrogen and oxygen atoms in total. The highest BCUT2D eigenvalue weighted by atomic mass is 32.1. The van der Waals surface area contributed by atoms with Gasteiger partial charge < -0.3 is 9.47 Å². The van der Waals surface area contributed by atoms with Gasteiger partial charge in [-0.25, -0.2) is 0 Å². The summed E-state index contributed by atoms with van der Waals surface area (Å²) < 4.78 is 10.4. The molecule has 0 saturated carbocycles. The van der Waals surface area contributed by atoms with Crippen molar-refractivity contribution in [2.75, 3.05) is 14.2 Å². The third kappa shape index (κ3) is 2.78. The molecular weight excluding hydrogens is 292 g/mol. The first-order valence-electron chi connectivity index (χ1n) is 5.86. The van der Waals surface area contributed by atoms with Crippen LogP contribution in [0.3, 0.4) is 0 Å². The quantitative estimate of drug-likeness (QED) is 0.670. The first-order valence-corrected chi connectivity index (χ1v) is 6.75. The fraction of sp³-hybridized carbons (Fsp3) is 0.133. The van der Waals surface area contributed by atoms with Gasteiger partial charge in [0.15, 0.2) is 17.3 Å². The minimum atomic E-state index is -0.151. The van der Waals surface area contributed by atoms with Crippen molar-refractivity contribution in [2.24, 2.45) is 0 Å². The van der Waals surface area contributed by atoms with E-state index in [9.17, 15) is 4.79 Å². The Bertz CT molecular complexity index is 654. The van der Waals surface area contributed by atoms with Crippen molar-refractivity contribution in [2.45, 2.75) is 9.79 Å². The van der Waals surface area contributed by atoms with Crippen LogP contribution < -0.4 is 9.47 Å². The van der Waals surface area contributed by atoms with Crippen molar-refractivity contribution < 1.29 is 14.3 Å². The van der Waals surface area contributed by atoms with Crippen LogP contribution in [0.2, 0.25) is 0 Å². The Morgan fingerprint density at radius 1 is 0.900 bits per heavy atom. The summed E-state index contributed by atoms with van der Waals surface area (Å²) in [6.07, 6.45) is 0. The molecule has 0 unspecified atom stereocenters. The van der Waals surface area contributed by atoms with Crippen molar-refractivity contribution in [1.29, 1.82) is 0 Å². The number of hydrogen-bond donors (Lipinski definition) is 2. The van der Waals surface area contributed by atoms with E-state index >= 15 is 0 Å². The summed E-state index contributed by atoms with van der Waals surface area (Å²) in [6, 6.07) is 10.4. The molecule has 0 radical (unpaired) electrons. The molecule has 0 spiro atoms. The van der Waals surface area contributed by atoms with Gasteiger partial charge in [0.05, 0.1) is 14.2 Å². The second kappa shape index (κ2) is 6.24. The van der Waals surface area contributed by atoms with Crippen LogP contribution in [0.4, 0.5) is 0 Å². The molecule has 20 heavy (non-hydrogen) atoms. The SMILES string of the molecule is COc1cc(S)c(C(=O)c2ccccc2S)cc1OC. The summed E-state index contributed by atoms with van der Waals surface area (Å²) in [5.74, 6) is 0.875. The average molecular weight is 306 g/mol. The van der Waals surface area contributed by atoms with E-state index in [1.807, 2.05) is 6.07 Å². The molecule has 2 rings (SSSR count). The lowest BCUT2D eigenvalue weighted by Crippen LogP contribution is -2.05. The Morgan fingerprint density at radius 3 is 2.10 bits per heavy atom. The molecule has 0 aliphatic carbocycles. The molecule has 0 bridgehead atoms. The van der Waals surface area contributed by atoms with E-state index in [-0.39, 0.29) is 5.78 Å². The number of benzene rings is 2. The lowest BCUT2D eigenvalue weighted by atomic mass is 10.0. The number of ketones is 1. The molecule has 0 aliphatic heterocycles. The van der Waals surface area contributed by atoms with Crippen molar-refractivity contribution in [3.05, 3.63) is 47.5 Å². The van der Waals surface area contributed by atoms with Crippen LogP contribution in [0.25, 0.3) is 0 Å². The molecule has 2 aromatic carbocycles. The molecule has 0 atom stereocenters. The van der Waals surface area contributed by atoms with Gasteiger partial charge in [-0.2, -0.15) is 0 Å². The summed E-state index contributed by atoms with van der Waals surface area (Å²) in [7, 11) is 3.06. The molecule has 0 heterocycles. The molecule has 0 aliphatic rings. The maximum absolute atomic E-state index is 12.6. The summed E-state index contributed by atoms with van der Waals surface area (Å²) in [5, 5.41) is 0. The zero-order chi connectivity index (χ0) is 14.7. The van der Waals surface area contributed by atoms with Gasteiger partial charge in [-0.05, 0) is 24.3 Å². The molecule has 0 aromatic heterocycles. The zero-order valence-corrected chi connectivity index (χ0v) is 12.9. The standard InChI is InChI=1S/C15H14O3S2/c1-17-11-7-10(14(20)8-12(11)18-2)15(16)9-5-3-4-6-13(9)19/h3-8,19-20H,1-2H3. The van der Waals surface area contributed by atoms with Gasteiger partial charge >= 0.3 is 0 Å². The molecular formula is C15H14O3S2. The van der Waals surface area contributed by atoms with Crippen LogP contribution in [0.15, 0.2) is 46.2 Å². The molecule has 0 saturated heterocycles. The van der Waals surface area contributed by atoms with Crippen LogP contribution in [0.5, 0.6) is 11.5 Å². The minimum Gasteiger partial charge on any atom is -0.493 e. The predicted molar refractivity (Wildman–Crippen MR) is 83.9 cm³/mol. The molecule has 2 aromatic rings. The Hall–Kier alpha value is -1.59. The molecule has 0 N–H and O–H groups in total. The van der Waals surface area contributed by atoms with Gasteiger partial charge in [0, 0.05) is 20.9 Å². The number of hydrogen-bond acceptors (Lipinski definition) is 5. The topological polar surface area (TPSA) is 35.5 Å². The third-order valence-electron chi connectivity index (χ3n) is 2.90. The second-order valence-electron chi connectivity index (χ2n) is 4.07. The summed E-state index contributed by atoms with van der Waals surface area (Å²) in [4.78, 5) is 13.7. The Morgan fingerprint density at radius 2 is 1.50 bits per heavy atom. The van der Waals surface area contributed by atoms with E-state index in [0.29, 0.717) is 32.4 Å². The van der Waals surface area contributed by atoms with Crippen molar-refractivity contribution in [3.8, 4) is 11.5 Å². The number of thiol groups is 2. The molecule has 5 heteroatoms.